The zero-order chi connectivity index (χ0) is 13.2. The van der Waals surface area contributed by atoms with Crippen molar-refractivity contribution in [2.24, 2.45) is 5.92 Å². The first kappa shape index (κ1) is 12.9. The molecule has 0 amide bonds. The van der Waals surface area contributed by atoms with E-state index in [1.807, 2.05) is 12.2 Å². The van der Waals surface area contributed by atoms with Crippen molar-refractivity contribution >= 4 is 0 Å². The van der Waals surface area contributed by atoms with Crippen LogP contribution in [0, 0.1) is 5.92 Å². The molecular weight excluding hydrogens is 237 g/mol. The van der Waals surface area contributed by atoms with Gasteiger partial charge in [-0.15, -0.1) is 0 Å². The first-order valence-corrected chi connectivity index (χ1v) is 6.04. The molecule has 0 bridgehead atoms. The van der Waals surface area contributed by atoms with Gasteiger partial charge in [0.25, 0.3) is 0 Å². The topological polar surface area (TPSA) is 0 Å². The molecule has 2 atom stereocenters. The Balaban J connectivity index is 2.24. The number of benzene rings is 1. The fraction of sp³-hybridized carbons (Fsp3) is 0.333. The van der Waals surface area contributed by atoms with Gasteiger partial charge < -0.3 is 0 Å². The van der Waals surface area contributed by atoms with E-state index in [9.17, 15) is 13.2 Å². The molecule has 0 nitrogen and oxygen atoms in total. The van der Waals surface area contributed by atoms with E-state index in [4.69, 9.17) is 0 Å². The summed E-state index contributed by atoms with van der Waals surface area (Å²) in [5.41, 5.74) is 0.352. The number of hydrogen-bond acceptors (Lipinski definition) is 0. The molecular formula is C15H15F3. The Kier molecular flexibility index (Phi) is 3.60. The van der Waals surface area contributed by atoms with Crippen LogP contribution in [0.5, 0.6) is 0 Å². The fourth-order valence-corrected chi connectivity index (χ4v) is 2.30. The number of alkyl halides is 3. The molecule has 1 aliphatic carbocycles. The molecule has 0 heterocycles. The molecule has 18 heavy (non-hydrogen) atoms. The minimum absolute atomic E-state index is 0.183. The molecule has 0 spiro atoms. The Bertz CT molecular complexity index is 452. The normalized spacial score (nSPS) is 23.3. The minimum atomic E-state index is -4.26. The fourth-order valence-electron chi connectivity index (χ4n) is 2.30. The van der Waals surface area contributed by atoms with Gasteiger partial charge in [-0.25, -0.2) is 0 Å². The van der Waals surface area contributed by atoms with E-state index in [2.05, 4.69) is 19.1 Å². The summed E-state index contributed by atoms with van der Waals surface area (Å²) in [4.78, 5) is 0. The average molecular weight is 252 g/mol. The van der Waals surface area contributed by atoms with E-state index in [0.717, 1.165) is 24.1 Å². The third kappa shape index (κ3) is 2.66. The van der Waals surface area contributed by atoms with Gasteiger partial charge in [0, 0.05) is 5.92 Å². The van der Waals surface area contributed by atoms with Gasteiger partial charge in [0.05, 0.1) is 5.56 Å². The second-order valence-corrected chi connectivity index (χ2v) is 4.49. The van der Waals surface area contributed by atoms with Crippen molar-refractivity contribution < 1.29 is 13.2 Å². The molecule has 96 valence electrons. The summed E-state index contributed by atoms with van der Waals surface area (Å²) in [6.07, 6.45) is 4.83. The molecule has 0 saturated heterocycles. The van der Waals surface area contributed by atoms with Crippen LogP contribution in [0.2, 0.25) is 0 Å². The lowest BCUT2D eigenvalue weighted by atomic mass is 9.81. The SMILES string of the molecule is CCC1C=CC=CC1c1ccc(C(F)(F)F)cc1. The molecule has 0 radical (unpaired) electrons. The number of rotatable bonds is 2. The van der Waals surface area contributed by atoms with Crippen LogP contribution in [0.1, 0.15) is 30.4 Å². The van der Waals surface area contributed by atoms with E-state index in [1.54, 1.807) is 12.1 Å². The number of allylic oxidation sites excluding steroid dienone is 4. The summed E-state index contributed by atoms with van der Waals surface area (Å²) >= 11 is 0. The largest absolute Gasteiger partial charge is 0.416 e. The predicted molar refractivity (Wildman–Crippen MR) is 66.2 cm³/mol. The maximum absolute atomic E-state index is 12.5. The molecule has 0 fully saturated rings. The average Bonchev–Trinajstić information content (AvgIpc) is 2.38. The van der Waals surface area contributed by atoms with Gasteiger partial charge in [0.2, 0.25) is 0 Å². The van der Waals surface area contributed by atoms with Crippen LogP contribution in [-0.4, -0.2) is 0 Å². The number of hydrogen-bond donors (Lipinski definition) is 0. The highest BCUT2D eigenvalue weighted by atomic mass is 19.4. The summed E-state index contributed by atoms with van der Waals surface area (Å²) < 4.78 is 37.4. The van der Waals surface area contributed by atoms with Crippen LogP contribution in [-0.2, 0) is 6.18 Å². The number of halogens is 3. The molecule has 2 unspecified atom stereocenters. The Morgan fingerprint density at radius 2 is 1.61 bits per heavy atom. The minimum Gasteiger partial charge on any atom is -0.166 e. The Hall–Kier alpha value is -1.51. The van der Waals surface area contributed by atoms with Gasteiger partial charge in [0.15, 0.2) is 0 Å². The van der Waals surface area contributed by atoms with E-state index in [1.165, 1.54) is 0 Å². The molecule has 3 heteroatoms. The second kappa shape index (κ2) is 5.01. The van der Waals surface area contributed by atoms with E-state index in [0.29, 0.717) is 5.92 Å². The van der Waals surface area contributed by atoms with Gasteiger partial charge in [0.1, 0.15) is 0 Å². The molecule has 0 N–H and O–H groups in total. The predicted octanol–water partition coefficient (Wildman–Crippen LogP) is 4.94. The molecule has 1 aromatic rings. The van der Waals surface area contributed by atoms with Gasteiger partial charge in [-0.3, -0.25) is 0 Å². The van der Waals surface area contributed by atoms with Crippen LogP contribution in [0.3, 0.4) is 0 Å². The van der Waals surface area contributed by atoms with Crippen molar-refractivity contribution in [1.82, 2.24) is 0 Å². The third-order valence-corrected chi connectivity index (χ3v) is 3.34. The monoisotopic (exact) mass is 252 g/mol. The van der Waals surface area contributed by atoms with E-state index >= 15 is 0 Å². The standard InChI is InChI=1S/C15H15F3/c1-2-11-5-3-4-6-14(11)12-7-9-13(10-8-12)15(16,17)18/h3-11,14H,2H2,1H3. The molecule has 0 aromatic heterocycles. The Labute approximate surface area is 105 Å². The zero-order valence-electron chi connectivity index (χ0n) is 10.1. The van der Waals surface area contributed by atoms with Crippen molar-refractivity contribution in [2.75, 3.05) is 0 Å². The van der Waals surface area contributed by atoms with Crippen LogP contribution in [0.15, 0.2) is 48.6 Å². The molecule has 0 saturated carbocycles. The molecule has 2 rings (SSSR count). The van der Waals surface area contributed by atoms with Gasteiger partial charge in [-0.05, 0) is 30.0 Å². The van der Waals surface area contributed by atoms with E-state index in [-0.39, 0.29) is 5.92 Å². The lowest BCUT2D eigenvalue weighted by Gasteiger charge is -2.23. The second-order valence-electron chi connectivity index (χ2n) is 4.49. The summed E-state index contributed by atoms with van der Waals surface area (Å²) in [6.45, 7) is 2.09. The highest BCUT2D eigenvalue weighted by molar-refractivity contribution is 5.33. The van der Waals surface area contributed by atoms with Crippen molar-refractivity contribution in [2.45, 2.75) is 25.4 Å². The highest BCUT2D eigenvalue weighted by Gasteiger charge is 2.30. The first-order chi connectivity index (χ1) is 8.52. The first-order valence-electron chi connectivity index (χ1n) is 6.04. The summed E-state index contributed by atoms with van der Waals surface area (Å²) in [7, 11) is 0. The maximum Gasteiger partial charge on any atom is 0.416 e. The van der Waals surface area contributed by atoms with Gasteiger partial charge in [-0.2, -0.15) is 13.2 Å². The molecule has 0 aliphatic heterocycles. The smallest absolute Gasteiger partial charge is 0.166 e. The van der Waals surface area contributed by atoms with Crippen molar-refractivity contribution in [3.8, 4) is 0 Å². The van der Waals surface area contributed by atoms with Crippen LogP contribution >= 0.6 is 0 Å². The van der Waals surface area contributed by atoms with Gasteiger partial charge in [-0.1, -0.05) is 43.4 Å². The van der Waals surface area contributed by atoms with E-state index < -0.39 is 11.7 Å². The zero-order valence-corrected chi connectivity index (χ0v) is 10.1. The van der Waals surface area contributed by atoms with Crippen molar-refractivity contribution in [3.63, 3.8) is 0 Å². The van der Waals surface area contributed by atoms with Crippen LogP contribution in [0.25, 0.3) is 0 Å². The van der Waals surface area contributed by atoms with Gasteiger partial charge >= 0.3 is 6.18 Å². The van der Waals surface area contributed by atoms with Crippen molar-refractivity contribution in [1.29, 1.82) is 0 Å². The van der Waals surface area contributed by atoms with Crippen molar-refractivity contribution in [3.05, 3.63) is 59.7 Å². The third-order valence-electron chi connectivity index (χ3n) is 3.34. The Morgan fingerprint density at radius 1 is 1.00 bits per heavy atom. The summed E-state index contributed by atoms with van der Waals surface area (Å²) in [5.74, 6) is 0.550. The van der Waals surface area contributed by atoms with Crippen LogP contribution in [0.4, 0.5) is 13.2 Å². The Morgan fingerprint density at radius 3 is 2.17 bits per heavy atom. The lowest BCUT2D eigenvalue weighted by molar-refractivity contribution is -0.137. The maximum atomic E-state index is 12.5. The van der Waals surface area contributed by atoms with Crippen LogP contribution < -0.4 is 0 Å². The molecule has 1 aliphatic rings. The molecule has 1 aromatic carbocycles. The lowest BCUT2D eigenvalue weighted by Crippen LogP contribution is -2.11. The summed E-state index contributed by atoms with van der Waals surface area (Å²) in [6, 6.07) is 5.49. The quantitative estimate of drug-likeness (QED) is 0.699. The summed E-state index contributed by atoms with van der Waals surface area (Å²) in [5, 5.41) is 0. The highest BCUT2D eigenvalue weighted by Crippen LogP contribution is 2.34.